The minimum atomic E-state index is 0.204. The number of hydrogen-bond acceptors (Lipinski definition) is 1. The minimum Gasteiger partial charge on any atom is -0.331 e. The monoisotopic (exact) mass is 228 g/mol. The molecule has 0 aliphatic carbocycles. The van der Waals surface area contributed by atoms with Crippen molar-refractivity contribution in [1.29, 1.82) is 0 Å². The van der Waals surface area contributed by atoms with E-state index in [2.05, 4.69) is 68.6 Å². The van der Waals surface area contributed by atoms with E-state index in [1.54, 1.807) is 0 Å². The van der Waals surface area contributed by atoms with Gasteiger partial charge in [0.1, 0.15) is 5.82 Å². The number of rotatable bonds is 1. The van der Waals surface area contributed by atoms with Crippen molar-refractivity contribution in [2.75, 3.05) is 0 Å². The fourth-order valence-corrected chi connectivity index (χ4v) is 1.88. The van der Waals surface area contributed by atoms with Gasteiger partial charge in [-0.1, -0.05) is 45.0 Å². The lowest BCUT2D eigenvalue weighted by molar-refractivity contribution is 0.590. The van der Waals surface area contributed by atoms with Crippen molar-refractivity contribution in [1.82, 2.24) is 9.55 Å². The summed E-state index contributed by atoms with van der Waals surface area (Å²) in [6.45, 7) is 8.76. The molecular weight excluding hydrogens is 208 g/mol. The maximum atomic E-state index is 4.44. The summed E-state index contributed by atoms with van der Waals surface area (Å²) in [6, 6.07) is 8.70. The molecule has 0 atom stereocenters. The van der Waals surface area contributed by atoms with Crippen LogP contribution in [0.25, 0.3) is 11.4 Å². The lowest BCUT2D eigenvalue weighted by Crippen LogP contribution is -2.10. The van der Waals surface area contributed by atoms with Crippen LogP contribution in [0, 0.1) is 6.92 Å². The maximum absolute atomic E-state index is 4.44. The Kier molecular flexibility index (Phi) is 2.82. The predicted molar refractivity (Wildman–Crippen MR) is 72.1 cm³/mol. The van der Waals surface area contributed by atoms with Crippen LogP contribution in [0.4, 0.5) is 0 Å². The van der Waals surface area contributed by atoms with Gasteiger partial charge in [-0.25, -0.2) is 4.98 Å². The molecule has 0 unspecified atom stereocenters. The largest absolute Gasteiger partial charge is 0.331 e. The van der Waals surface area contributed by atoms with Crippen LogP contribution in [0.1, 0.15) is 32.0 Å². The van der Waals surface area contributed by atoms with Crippen LogP contribution in [-0.4, -0.2) is 9.55 Å². The van der Waals surface area contributed by atoms with Gasteiger partial charge in [-0.2, -0.15) is 0 Å². The average molecular weight is 228 g/mol. The Labute approximate surface area is 103 Å². The average Bonchev–Trinajstić information content (AvgIpc) is 2.59. The topological polar surface area (TPSA) is 17.8 Å². The summed E-state index contributed by atoms with van der Waals surface area (Å²) in [4.78, 5) is 4.44. The molecule has 0 saturated heterocycles. The minimum absolute atomic E-state index is 0.204. The molecule has 0 N–H and O–H groups in total. The van der Waals surface area contributed by atoms with E-state index in [1.807, 2.05) is 6.20 Å². The highest BCUT2D eigenvalue weighted by atomic mass is 15.1. The molecule has 90 valence electrons. The number of hydrogen-bond donors (Lipinski definition) is 0. The van der Waals surface area contributed by atoms with Crippen molar-refractivity contribution >= 4 is 0 Å². The zero-order chi connectivity index (χ0) is 12.6. The van der Waals surface area contributed by atoms with Crippen molar-refractivity contribution in [3.8, 4) is 11.4 Å². The fourth-order valence-electron chi connectivity index (χ4n) is 1.88. The van der Waals surface area contributed by atoms with Crippen LogP contribution in [0.3, 0.4) is 0 Å². The first-order valence-electron chi connectivity index (χ1n) is 5.99. The molecule has 0 radical (unpaired) electrons. The molecule has 0 amide bonds. The zero-order valence-corrected chi connectivity index (χ0v) is 11.3. The van der Waals surface area contributed by atoms with E-state index in [0.717, 1.165) is 5.82 Å². The molecule has 2 nitrogen and oxygen atoms in total. The summed E-state index contributed by atoms with van der Waals surface area (Å²) in [5, 5.41) is 0. The van der Waals surface area contributed by atoms with Crippen molar-refractivity contribution in [2.24, 2.45) is 7.05 Å². The fraction of sp³-hybridized carbons (Fsp3) is 0.400. The molecule has 0 fully saturated rings. The normalized spacial score (nSPS) is 11.8. The summed E-state index contributed by atoms with van der Waals surface area (Å²) in [5.41, 5.74) is 3.91. The molecular formula is C15H20N2. The molecule has 0 bridgehead atoms. The number of aromatic nitrogens is 2. The Hall–Kier alpha value is -1.57. The van der Waals surface area contributed by atoms with E-state index >= 15 is 0 Å². The highest BCUT2D eigenvalue weighted by molar-refractivity contribution is 5.57. The third-order valence-electron chi connectivity index (χ3n) is 3.23. The van der Waals surface area contributed by atoms with Gasteiger partial charge in [0, 0.05) is 24.5 Å². The quantitative estimate of drug-likeness (QED) is 0.728. The lowest BCUT2D eigenvalue weighted by Gasteiger charge is -2.19. The second-order valence-corrected chi connectivity index (χ2v) is 5.61. The highest BCUT2D eigenvalue weighted by Crippen LogP contribution is 2.25. The smallest absolute Gasteiger partial charge is 0.139 e. The summed E-state index contributed by atoms with van der Waals surface area (Å²) in [5.74, 6) is 1.03. The van der Waals surface area contributed by atoms with E-state index in [-0.39, 0.29) is 5.41 Å². The second-order valence-electron chi connectivity index (χ2n) is 5.61. The van der Waals surface area contributed by atoms with Crippen molar-refractivity contribution in [3.63, 3.8) is 0 Å². The molecule has 17 heavy (non-hydrogen) atoms. The van der Waals surface area contributed by atoms with Gasteiger partial charge in [-0.3, -0.25) is 0 Å². The zero-order valence-electron chi connectivity index (χ0n) is 11.3. The van der Waals surface area contributed by atoms with Gasteiger partial charge in [0.15, 0.2) is 0 Å². The maximum Gasteiger partial charge on any atom is 0.139 e. The molecule has 0 spiro atoms. The predicted octanol–water partition coefficient (Wildman–Crippen LogP) is 3.69. The number of nitrogens with zero attached hydrogens (tertiary/aromatic N) is 2. The first-order valence-corrected chi connectivity index (χ1v) is 5.99. The van der Waals surface area contributed by atoms with Gasteiger partial charge in [0.2, 0.25) is 0 Å². The van der Waals surface area contributed by atoms with E-state index in [1.165, 1.54) is 16.8 Å². The lowest BCUT2D eigenvalue weighted by atomic mass is 9.87. The first-order chi connectivity index (χ1) is 7.89. The highest BCUT2D eigenvalue weighted by Gasteiger charge is 2.14. The Morgan fingerprint density at radius 3 is 2.06 bits per heavy atom. The Bertz CT molecular complexity index is 513. The molecule has 0 aliphatic heterocycles. The molecule has 2 rings (SSSR count). The molecule has 1 aromatic heterocycles. The molecule has 1 aromatic carbocycles. The number of aryl methyl sites for hydroxylation is 1. The van der Waals surface area contributed by atoms with Crippen LogP contribution in [-0.2, 0) is 12.5 Å². The van der Waals surface area contributed by atoms with E-state index < -0.39 is 0 Å². The van der Waals surface area contributed by atoms with Gasteiger partial charge in [0.05, 0.1) is 0 Å². The van der Waals surface area contributed by atoms with Crippen molar-refractivity contribution < 1.29 is 0 Å². The first kappa shape index (κ1) is 11.9. The number of imidazole rings is 1. The number of benzene rings is 1. The van der Waals surface area contributed by atoms with Crippen LogP contribution < -0.4 is 0 Å². The molecule has 2 heteroatoms. The summed E-state index contributed by atoms with van der Waals surface area (Å²) in [7, 11) is 2.05. The Morgan fingerprint density at radius 2 is 1.65 bits per heavy atom. The van der Waals surface area contributed by atoms with Crippen molar-refractivity contribution in [2.45, 2.75) is 33.1 Å². The van der Waals surface area contributed by atoms with Crippen molar-refractivity contribution in [3.05, 3.63) is 41.7 Å². The van der Waals surface area contributed by atoms with E-state index in [9.17, 15) is 0 Å². The Morgan fingerprint density at radius 1 is 1.06 bits per heavy atom. The SMILES string of the molecule is Cc1cnc(-c2ccc(C(C)(C)C)cc2)n1C. The Balaban J connectivity index is 2.40. The molecule has 1 heterocycles. The molecule has 2 aromatic rings. The summed E-state index contributed by atoms with van der Waals surface area (Å²) in [6.07, 6.45) is 1.91. The van der Waals surface area contributed by atoms with Gasteiger partial charge in [-0.05, 0) is 17.9 Å². The third-order valence-corrected chi connectivity index (χ3v) is 3.23. The third kappa shape index (κ3) is 2.26. The van der Waals surface area contributed by atoms with Crippen LogP contribution in [0.5, 0.6) is 0 Å². The van der Waals surface area contributed by atoms with Crippen LogP contribution in [0.15, 0.2) is 30.5 Å². The van der Waals surface area contributed by atoms with E-state index in [4.69, 9.17) is 0 Å². The summed E-state index contributed by atoms with van der Waals surface area (Å²) < 4.78 is 2.12. The van der Waals surface area contributed by atoms with Gasteiger partial charge in [-0.15, -0.1) is 0 Å². The van der Waals surface area contributed by atoms with E-state index in [0.29, 0.717) is 0 Å². The second kappa shape index (κ2) is 4.02. The van der Waals surface area contributed by atoms with Gasteiger partial charge < -0.3 is 4.57 Å². The van der Waals surface area contributed by atoms with Crippen LogP contribution in [0.2, 0.25) is 0 Å². The standard InChI is InChI=1S/C15H20N2/c1-11-10-16-14(17(11)5)12-6-8-13(9-7-12)15(2,3)4/h6-10H,1-5H3. The van der Waals surface area contributed by atoms with Gasteiger partial charge >= 0.3 is 0 Å². The van der Waals surface area contributed by atoms with Crippen LogP contribution >= 0.6 is 0 Å². The molecule has 0 aliphatic rings. The summed E-state index contributed by atoms with van der Waals surface area (Å²) >= 11 is 0. The molecule has 0 saturated carbocycles. The van der Waals surface area contributed by atoms with Gasteiger partial charge in [0.25, 0.3) is 0 Å².